The van der Waals surface area contributed by atoms with Crippen LogP contribution in [0, 0.1) is 12.8 Å². The van der Waals surface area contributed by atoms with Gasteiger partial charge in [0.25, 0.3) is 11.8 Å². The lowest BCUT2D eigenvalue weighted by molar-refractivity contribution is -0.123. The van der Waals surface area contributed by atoms with E-state index in [0.717, 1.165) is 15.6 Å². The van der Waals surface area contributed by atoms with Gasteiger partial charge in [0.05, 0.1) is 10.7 Å². The summed E-state index contributed by atoms with van der Waals surface area (Å²) in [6, 6.07) is 19.4. The molecule has 2 N–H and O–H groups in total. The minimum atomic E-state index is -0.750. The minimum absolute atomic E-state index is 0.138. The summed E-state index contributed by atoms with van der Waals surface area (Å²) in [6.45, 7) is 6.20. The van der Waals surface area contributed by atoms with Crippen LogP contribution in [0.25, 0.3) is 0 Å². The summed E-state index contributed by atoms with van der Waals surface area (Å²) in [6.07, 6.45) is 1.53. The van der Waals surface area contributed by atoms with Crippen molar-refractivity contribution in [1.29, 1.82) is 0 Å². The first-order valence-corrected chi connectivity index (χ1v) is 12.3. The number of hydrazone groups is 1. The Bertz CT molecular complexity index is 1200. The molecule has 0 saturated heterocycles. The highest BCUT2D eigenvalue weighted by Crippen LogP contribution is 2.26. The number of hydrogen-bond donors (Lipinski definition) is 2. The highest BCUT2D eigenvalue weighted by atomic mass is 79.9. The van der Waals surface area contributed by atoms with Gasteiger partial charge in [0.15, 0.2) is 0 Å². The molecule has 3 rings (SSSR count). The molecule has 0 aliphatic carbocycles. The van der Waals surface area contributed by atoms with Crippen LogP contribution in [-0.2, 0) is 11.4 Å². The number of ether oxygens (including phenoxy) is 1. The van der Waals surface area contributed by atoms with Crippen LogP contribution in [-0.4, -0.2) is 24.1 Å². The van der Waals surface area contributed by atoms with Crippen LogP contribution >= 0.6 is 27.5 Å². The number of benzene rings is 3. The predicted molar refractivity (Wildman–Crippen MR) is 143 cm³/mol. The zero-order valence-electron chi connectivity index (χ0n) is 19.7. The largest absolute Gasteiger partial charge is 0.488 e. The van der Waals surface area contributed by atoms with Gasteiger partial charge >= 0.3 is 0 Å². The van der Waals surface area contributed by atoms with Crippen LogP contribution in [0.5, 0.6) is 5.75 Å². The number of carbonyl (C=O) groups excluding carboxylic acids is 2. The summed E-state index contributed by atoms with van der Waals surface area (Å²) < 4.78 is 6.66. The number of rotatable bonds is 9. The molecule has 0 aromatic heterocycles. The normalized spacial score (nSPS) is 11.9. The van der Waals surface area contributed by atoms with E-state index in [0.29, 0.717) is 22.9 Å². The van der Waals surface area contributed by atoms with E-state index in [2.05, 4.69) is 43.9 Å². The SMILES string of the molecule is Cc1ccc(COc2ccc(C=NNC(=O)C(NC(=O)c3ccc(Cl)cc3)C(C)C)cc2Br)cc1. The van der Waals surface area contributed by atoms with E-state index in [1.807, 2.05) is 51.1 Å². The Kier molecular flexibility index (Phi) is 9.46. The number of hydrogen-bond acceptors (Lipinski definition) is 4. The standard InChI is InChI=1S/C27H27BrClN3O3/c1-17(2)25(31-26(33)21-9-11-22(29)12-10-21)27(34)32-30-15-20-8-13-24(23(28)14-20)35-16-19-6-4-18(3)5-7-19/h4-15,17,25H,16H2,1-3H3,(H,31,33)(H,32,34). The molecular weight excluding hydrogens is 530 g/mol. The fourth-order valence-electron chi connectivity index (χ4n) is 3.16. The van der Waals surface area contributed by atoms with E-state index in [1.165, 1.54) is 11.8 Å². The lowest BCUT2D eigenvalue weighted by Gasteiger charge is -2.20. The first-order valence-electron chi connectivity index (χ1n) is 11.1. The highest BCUT2D eigenvalue weighted by molar-refractivity contribution is 9.10. The number of carbonyl (C=O) groups is 2. The molecular formula is C27H27BrClN3O3. The van der Waals surface area contributed by atoms with Crippen molar-refractivity contribution >= 4 is 45.6 Å². The Morgan fingerprint density at radius 1 is 1.06 bits per heavy atom. The Morgan fingerprint density at radius 3 is 2.37 bits per heavy atom. The molecule has 35 heavy (non-hydrogen) atoms. The molecule has 182 valence electrons. The molecule has 0 bridgehead atoms. The monoisotopic (exact) mass is 555 g/mol. The molecule has 0 radical (unpaired) electrons. The summed E-state index contributed by atoms with van der Waals surface area (Å²) in [7, 11) is 0. The van der Waals surface area contributed by atoms with Crippen molar-refractivity contribution in [3.05, 3.63) is 98.5 Å². The molecule has 3 aromatic carbocycles. The van der Waals surface area contributed by atoms with E-state index in [9.17, 15) is 9.59 Å². The zero-order valence-corrected chi connectivity index (χ0v) is 22.1. The smallest absolute Gasteiger partial charge is 0.262 e. The van der Waals surface area contributed by atoms with Gasteiger partial charge < -0.3 is 10.1 Å². The van der Waals surface area contributed by atoms with Crippen molar-refractivity contribution in [2.75, 3.05) is 0 Å². The third-order valence-corrected chi connectivity index (χ3v) is 6.07. The van der Waals surface area contributed by atoms with Crippen molar-refractivity contribution in [3.63, 3.8) is 0 Å². The Balaban J connectivity index is 1.56. The van der Waals surface area contributed by atoms with E-state index < -0.39 is 11.9 Å². The van der Waals surface area contributed by atoms with Crippen LogP contribution in [0.4, 0.5) is 0 Å². The molecule has 0 saturated carbocycles. The van der Waals surface area contributed by atoms with Gasteiger partial charge in [0.1, 0.15) is 18.4 Å². The molecule has 3 aromatic rings. The summed E-state index contributed by atoms with van der Waals surface area (Å²) in [5.74, 6) is -0.197. The van der Waals surface area contributed by atoms with Gasteiger partial charge in [-0.1, -0.05) is 55.3 Å². The first kappa shape index (κ1) is 26.4. The lowest BCUT2D eigenvalue weighted by Crippen LogP contribution is -2.48. The number of amides is 2. The van der Waals surface area contributed by atoms with Gasteiger partial charge in [-0.05, 0) is 82.4 Å². The van der Waals surface area contributed by atoms with E-state index >= 15 is 0 Å². The van der Waals surface area contributed by atoms with Crippen LogP contribution < -0.4 is 15.5 Å². The third-order valence-electron chi connectivity index (χ3n) is 5.20. The maximum Gasteiger partial charge on any atom is 0.262 e. The average molecular weight is 557 g/mol. The molecule has 0 aliphatic heterocycles. The zero-order chi connectivity index (χ0) is 25.4. The Morgan fingerprint density at radius 2 is 1.74 bits per heavy atom. The van der Waals surface area contributed by atoms with Crippen molar-refractivity contribution in [2.24, 2.45) is 11.0 Å². The van der Waals surface area contributed by atoms with Gasteiger partial charge in [-0.15, -0.1) is 0 Å². The molecule has 0 fully saturated rings. The molecule has 0 spiro atoms. The molecule has 1 unspecified atom stereocenters. The second-order valence-electron chi connectivity index (χ2n) is 8.40. The maximum atomic E-state index is 12.7. The number of nitrogens with one attached hydrogen (secondary N) is 2. The lowest BCUT2D eigenvalue weighted by atomic mass is 10.0. The Labute approximate surface area is 218 Å². The van der Waals surface area contributed by atoms with Gasteiger partial charge in [-0.25, -0.2) is 5.43 Å². The van der Waals surface area contributed by atoms with Crippen LogP contribution in [0.15, 0.2) is 76.3 Å². The summed E-state index contributed by atoms with van der Waals surface area (Å²) >= 11 is 9.39. The van der Waals surface area contributed by atoms with Gasteiger partial charge in [0, 0.05) is 10.6 Å². The molecule has 0 heterocycles. The Hall–Kier alpha value is -3.16. The van der Waals surface area contributed by atoms with Gasteiger partial charge in [-0.3, -0.25) is 9.59 Å². The van der Waals surface area contributed by atoms with Crippen molar-refractivity contribution < 1.29 is 14.3 Å². The predicted octanol–water partition coefficient (Wildman–Crippen LogP) is 5.89. The topological polar surface area (TPSA) is 79.8 Å². The minimum Gasteiger partial charge on any atom is -0.488 e. The summed E-state index contributed by atoms with van der Waals surface area (Å²) in [4.78, 5) is 25.2. The summed E-state index contributed by atoms with van der Waals surface area (Å²) in [5, 5.41) is 7.34. The fraction of sp³-hybridized carbons (Fsp3) is 0.222. The molecule has 1 atom stereocenters. The molecule has 0 aliphatic rings. The van der Waals surface area contributed by atoms with E-state index in [4.69, 9.17) is 16.3 Å². The van der Waals surface area contributed by atoms with E-state index in [-0.39, 0.29) is 11.8 Å². The average Bonchev–Trinajstić information content (AvgIpc) is 2.83. The van der Waals surface area contributed by atoms with Crippen molar-refractivity contribution in [3.8, 4) is 5.75 Å². The van der Waals surface area contributed by atoms with Gasteiger partial charge in [0.2, 0.25) is 0 Å². The highest BCUT2D eigenvalue weighted by Gasteiger charge is 2.24. The van der Waals surface area contributed by atoms with E-state index in [1.54, 1.807) is 24.3 Å². The van der Waals surface area contributed by atoms with Crippen LogP contribution in [0.2, 0.25) is 5.02 Å². The number of nitrogens with zero attached hydrogens (tertiary/aromatic N) is 1. The second kappa shape index (κ2) is 12.5. The maximum absolute atomic E-state index is 12.7. The second-order valence-corrected chi connectivity index (χ2v) is 9.69. The third kappa shape index (κ3) is 7.94. The molecule has 6 nitrogen and oxygen atoms in total. The number of aryl methyl sites for hydroxylation is 1. The van der Waals surface area contributed by atoms with Crippen LogP contribution in [0.1, 0.15) is 40.9 Å². The molecule has 2 amide bonds. The first-order chi connectivity index (χ1) is 16.7. The van der Waals surface area contributed by atoms with Crippen molar-refractivity contribution in [1.82, 2.24) is 10.7 Å². The number of halogens is 2. The van der Waals surface area contributed by atoms with Gasteiger partial charge in [-0.2, -0.15) is 5.10 Å². The van der Waals surface area contributed by atoms with Crippen molar-refractivity contribution in [2.45, 2.75) is 33.4 Å². The van der Waals surface area contributed by atoms with Crippen LogP contribution in [0.3, 0.4) is 0 Å². The quantitative estimate of drug-likeness (QED) is 0.255. The molecule has 8 heteroatoms. The fourth-order valence-corrected chi connectivity index (χ4v) is 3.80. The summed E-state index contributed by atoms with van der Waals surface area (Å²) in [5.41, 5.74) is 5.99.